The second kappa shape index (κ2) is 4.15. The van der Waals surface area contributed by atoms with Crippen LogP contribution in [0.25, 0.3) is 5.82 Å². The van der Waals surface area contributed by atoms with Gasteiger partial charge in [-0.1, -0.05) is 6.92 Å². The third-order valence-electron chi connectivity index (χ3n) is 2.35. The molecule has 2 rings (SSSR count). The third-order valence-corrected chi connectivity index (χ3v) is 2.35. The average Bonchev–Trinajstić information content (AvgIpc) is 2.76. The normalized spacial score (nSPS) is 10.1. The Morgan fingerprint density at radius 1 is 1.44 bits per heavy atom. The van der Waals surface area contributed by atoms with Crippen molar-refractivity contribution in [1.29, 1.82) is 5.26 Å². The monoisotopic (exact) mass is 212 g/mol. The molecule has 2 aromatic heterocycles. The largest absolute Gasteiger partial charge is 0.288 e. The third kappa shape index (κ3) is 1.80. The summed E-state index contributed by atoms with van der Waals surface area (Å²) >= 11 is 0. The summed E-state index contributed by atoms with van der Waals surface area (Å²) < 4.78 is 1.91. The Balaban J connectivity index is 2.56. The van der Waals surface area contributed by atoms with Crippen molar-refractivity contribution in [3.63, 3.8) is 0 Å². The molecule has 0 aromatic carbocycles. The van der Waals surface area contributed by atoms with E-state index in [-0.39, 0.29) is 0 Å². The smallest absolute Gasteiger partial charge is 0.139 e. The van der Waals surface area contributed by atoms with E-state index in [1.54, 1.807) is 18.3 Å². The van der Waals surface area contributed by atoms with E-state index in [0.717, 1.165) is 23.8 Å². The molecule has 80 valence electrons. The van der Waals surface area contributed by atoms with Gasteiger partial charge in [-0.3, -0.25) is 4.57 Å². The molecule has 0 saturated heterocycles. The molecule has 0 saturated carbocycles. The summed E-state index contributed by atoms with van der Waals surface area (Å²) in [5, 5.41) is 8.91. The maximum atomic E-state index is 8.91. The fraction of sp³-hybridized carbons (Fsp3) is 0.250. The van der Waals surface area contributed by atoms with Gasteiger partial charge in [-0.25, -0.2) is 9.97 Å². The highest BCUT2D eigenvalue weighted by atomic mass is 15.1. The van der Waals surface area contributed by atoms with Gasteiger partial charge in [0.25, 0.3) is 0 Å². The number of pyridine rings is 1. The first-order valence-corrected chi connectivity index (χ1v) is 5.16. The van der Waals surface area contributed by atoms with E-state index in [1.807, 2.05) is 24.6 Å². The summed E-state index contributed by atoms with van der Waals surface area (Å²) in [7, 11) is 0. The van der Waals surface area contributed by atoms with Crippen molar-refractivity contribution >= 4 is 0 Å². The lowest BCUT2D eigenvalue weighted by atomic mass is 10.2. The summed E-state index contributed by atoms with van der Waals surface area (Å²) in [6, 6.07) is 5.68. The number of rotatable bonds is 2. The van der Waals surface area contributed by atoms with Gasteiger partial charge in [0.05, 0.1) is 11.6 Å². The standard InChI is InChI=1S/C12H12N4/c1-3-11-14-4-5-16(11)12-7-10(8-13)6-9(2)15-12/h4-7H,3H2,1-2H3. The Hall–Kier alpha value is -2.15. The molecule has 0 unspecified atom stereocenters. The van der Waals surface area contributed by atoms with Crippen LogP contribution in [-0.4, -0.2) is 14.5 Å². The topological polar surface area (TPSA) is 54.5 Å². The number of imidazole rings is 1. The average molecular weight is 212 g/mol. The zero-order chi connectivity index (χ0) is 11.5. The molecule has 0 N–H and O–H groups in total. The minimum absolute atomic E-state index is 0.623. The molecule has 0 spiro atoms. The van der Waals surface area contributed by atoms with Gasteiger partial charge in [-0.05, 0) is 19.1 Å². The van der Waals surface area contributed by atoms with Crippen molar-refractivity contribution in [2.24, 2.45) is 0 Å². The first-order chi connectivity index (χ1) is 7.74. The number of hydrogen-bond acceptors (Lipinski definition) is 3. The highest BCUT2D eigenvalue weighted by molar-refractivity contribution is 5.38. The van der Waals surface area contributed by atoms with Gasteiger partial charge in [0.1, 0.15) is 11.6 Å². The molecule has 0 radical (unpaired) electrons. The first kappa shape index (κ1) is 10.4. The van der Waals surface area contributed by atoms with E-state index in [4.69, 9.17) is 5.26 Å². The molecule has 0 aliphatic heterocycles. The molecular formula is C12H12N4. The molecule has 0 aliphatic carbocycles. The summed E-state index contributed by atoms with van der Waals surface area (Å²) in [5.41, 5.74) is 1.46. The van der Waals surface area contributed by atoms with Gasteiger partial charge < -0.3 is 0 Å². The van der Waals surface area contributed by atoms with Crippen molar-refractivity contribution in [3.05, 3.63) is 41.6 Å². The van der Waals surface area contributed by atoms with Crippen LogP contribution < -0.4 is 0 Å². The molecule has 0 atom stereocenters. The fourth-order valence-electron chi connectivity index (χ4n) is 1.64. The predicted octanol–water partition coefficient (Wildman–Crippen LogP) is 2.01. The van der Waals surface area contributed by atoms with Crippen LogP contribution in [0.5, 0.6) is 0 Å². The van der Waals surface area contributed by atoms with Crippen LogP contribution in [0.15, 0.2) is 24.5 Å². The lowest BCUT2D eigenvalue weighted by Crippen LogP contribution is -2.03. The van der Waals surface area contributed by atoms with Crippen molar-refractivity contribution in [2.45, 2.75) is 20.3 Å². The van der Waals surface area contributed by atoms with Gasteiger partial charge in [0, 0.05) is 24.5 Å². The van der Waals surface area contributed by atoms with Crippen molar-refractivity contribution in [1.82, 2.24) is 14.5 Å². The second-order valence-corrected chi connectivity index (χ2v) is 3.53. The van der Waals surface area contributed by atoms with E-state index in [2.05, 4.69) is 16.0 Å². The molecule has 16 heavy (non-hydrogen) atoms. The highest BCUT2D eigenvalue weighted by Gasteiger charge is 2.06. The summed E-state index contributed by atoms with van der Waals surface area (Å²) in [5.74, 6) is 1.70. The van der Waals surface area contributed by atoms with Crippen LogP contribution in [0.3, 0.4) is 0 Å². The first-order valence-electron chi connectivity index (χ1n) is 5.16. The summed E-state index contributed by atoms with van der Waals surface area (Å²) in [4.78, 5) is 8.64. The quantitative estimate of drug-likeness (QED) is 0.765. The van der Waals surface area contributed by atoms with Crippen molar-refractivity contribution in [2.75, 3.05) is 0 Å². The van der Waals surface area contributed by atoms with Crippen LogP contribution in [0, 0.1) is 18.3 Å². The zero-order valence-electron chi connectivity index (χ0n) is 9.31. The Morgan fingerprint density at radius 2 is 2.25 bits per heavy atom. The molecule has 0 bridgehead atoms. The van der Waals surface area contributed by atoms with Crippen LogP contribution in [0.2, 0.25) is 0 Å². The lowest BCUT2D eigenvalue weighted by molar-refractivity contribution is 0.862. The maximum absolute atomic E-state index is 8.91. The molecule has 4 nitrogen and oxygen atoms in total. The molecular weight excluding hydrogens is 200 g/mol. The number of hydrogen-bond donors (Lipinski definition) is 0. The Morgan fingerprint density at radius 3 is 2.94 bits per heavy atom. The van der Waals surface area contributed by atoms with Crippen LogP contribution >= 0.6 is 0 Å². The molecule has 0 amide bonds. The van der Waals surface area contributed by atoms with E-state index >= 15 is 0 Å². The number of aromatic nitrogens is 3. The van der Waals surface area contributed by atoms with Crippen molar-refractivity contribution in [3.8, 4) is 11.9 Å². The summed E-state index contributed by atoms with van der Waals surface area (Å²) in [6.45, 7) is 3.92. The molecule has 0 fully saturated rings. The predicted molar refractivity (Wildman–Crippen MR) is 60.2 cm³/mol. The van der Waals surface area contributed by atoms with Crippen LogP contribution in [0.4, 0.5) is 0 Å². The lowest BCUT2D eigenvalue weighted by Gasteiger charge is -2.06. The number of aryl methyl sites for hydroxylation is 2. The Kier molecular flexibility index (Phi) is 2.69. The van der Waals surface area contributed by atoms with Gasteiger partial charge in [-0.15, -0.1) is 0 Å². The van der Waals surface area contributed by atoms with Gasteiger partial charge in [0.15, 0.2) is 0 Å². The maximum Gasteiger partial charge on any atom is 0.139 e. The second-order valence-electron chi connectivity index (χ2n) is 3.53. The van der Waals surface area contributed by atoms with Crippen molar-refractivity contribution < 1.29 is 0 Å². The highest BCUT2D eigenvalue weighted by Crippen LogP contribution is 2.12. The molecule has 4 heteroatoms. The minimum atomic E-state index is 0.623. The fourth-order valence-corrected chi connectivity index (χ4v) is 1.64. The minimum Gasteiger partial charge on any atom is -0.288 e. The Labute approximate surface area is 94.2 Å². The number of nitriles is 1. The molecule has 2 heterocycles. The summed E-state index contributed by atoms with van der Waals surface area (Å²) in [6.07, 6.45) is 4.45. The molecule has 0 aliphatic rings. The Bertz CT molecular complexity index is 548. The molecule has 2 aromatic rings. The van der Waals surface area contributed by atoms with Crippen LogP contribution in [-0.2, 0) is 6.42 Å². The zero-order valence-corrected chi connectivity index (χ0v) is 9.31. The SMILES string of the molecule is CCc1nccn1-c1cc(C#N)cc(C)n1. The van der Waals surface area contributed by atoms with E-state index in [0.29, 0.717) is 5.56 Å². The van der Waals surface area contributed by atoms with Crippen LogP contribution in [0.1, 0.15) is 24.0 Å². The van der Waals surface area contributed by atoms with E-state index in [1.165, 1.54) is 0 Å². The number of nitrogens with zero attached hydrogens (tertiary/aromatic N) is 4. The van der Waals surface area contributed by atoms with E-state index < -0.39 is 0 Å². The van der Waals surface area contributed by atoms with Gasteiger partial charge in [0.2, 0.25) is 0 Å². The van der Waals surface area contributed by atoms with E-state index in [9.17, 15) is 0 Å². The van der Waals surface area contributed by atoms with Gasteiger partial charge in [-0.2, -0.15) is 5.26 Å². The van der Waals surface area contributed by atoms with Gasteiger partial charge >= 0.3 is 0 Å².